The van der Waals surface area contributed by atoms with Crippen molar-refractivity contribution in [3.8, 4) is 0 Å². The maximum atomic E-state index is 12.2. The number of carbonyl (C=O) groups excluding carboxylic acids is 1. The van der Waals surface area contributed by atoms with E-state index in [4.69, 9.17) is 0 Å². The van der Waals surface area contributed by atoms with E-state index < -0.39 is 10.0 Å². The van der Waals surface area contributed by atoms with Crippen molar-refractivity contribution in [1.82, 2.24) is 9.62 Å². The lowest BCUT2D eigenvalue weighted by Crippen LogP contribution is -2.46. The van der Waals surface area contributed by atoms with Gasteiger partial charge in [-0.05, 0) is 18.4 Å². The van der Waals surface area contributed by atoms with E-state index in [0.29, 0.717) is 32.4 Å². The fraction of sp³-hybridized carbons (Fsp3) is 0.562. The third kappa shape index (κ3) is 6.93. The molecule has 1 aromatic rings. The number of amides is 1. The van der Waals surface area contributed by atoms with E-state index in [1.54, 1.807) is 11.8 Å². The Morgan fingerprint density at radius 3 is 2.52 bits per heavy atom. The summed E-state index contributed by atoms with van der Waals surface area (Å²) in [6.45, 7) is 1.27. The number of benzene rings is 1. The standard InChI is InChI=1S/C16H24N2O3S2/c1-23(20,21)17-15-7-10-18(11-8-15)16(19)9-12-22-13-14-5-3-2-4-6-14/h2-6,15,17H,7-13H2,1H3. The largest absolute Gasteiger partial charge is 0.343 e. The number of nitrogens with one attached hydrogen (secondary N) is 1. The Balaban J connectivity index is 1.63. The summed E-state index contributed by atoms with van der Waals surface area (Å²) in [5.41, 5.74) is 1.28. The van der Waals surface area contributed by atoms with Crippen LogP contribution in [0.1, 0.15) is 24.8 Å². The molecule has 23 heavy (non-hydrogen) atoms. The number of likely N-dealkylation sites (tertiary alicyclic amines) is 1. The smallest absolute Gasteiger partial charge is 0.223 e. The van der Waals surface area contributed by atoms with Crippen LogP contribution in [0.5, 0.6) is 0 Å². The van der Waals surface area contributed by atoms with Gasteiger partial charge in [-0.3, -0.25) is 4.79 Å². The minimum Gasteiger partial charge on any atom is -0.343 e. The maximum Gasteiger partial charge on any atom is 0.223 e. The molecular formula is C16H24N2O3S2. The maximum absolute atomic E-state index is 12.2. The molecule has 0 saturated carbocycles. The first kappa shape index (κ1) is 18.3. The molecule has 0 atom stereocenters. The summed E-state index contributed by atoms with van der Waals surface area (Å²) < 4.78 is 25.0. The fourth-order valence-electron chi connectivity index (χ4n) is 2.63. The van der Waals surface area contributed by atoms with Crippen LogP contribution in [0.15, 0.2) is 30.3 Å². The Hall–Kier alpha value is -1.05. The van der Waals surface area contributed by atoms with Gasteiger partial charge in [0, 0.05) is 37.1 Å². The molecule has 1 fully saturated rings. The van der Waals surface area contributed by atoms with Gasteiger partial charge >= 0.3 is 0 Å². The summed E-state index contributed by atoms with van der Waals surface area (Å²) in [5, 5.41) is 0. The predicted molar refractivity (Wildman–Crippen MR) is 94.8 cm³/mol. The molecule has 0 unspecified atom stereocenters. The molecule has 2 rings (SSSR count). The number of thioether (sulfide) groups is 1. The molecular weight excluding hydrogens is 332 g/mol. The van der Waals surface area contributed by atoms with Crippen LogP contribution in [0.25, 0.3) is 0 Å². The van der Waals surface area contributed by atoms with Crippen LogP contribution >= 0.6 is 11.8 Å². The van der Waals surface area contributed by atoms with Crippen molar-refractivity contribution in [2.75, 3.05) is 25.1 Å². The fourth-order valence-corrected chi connectivity index (χ4v) is 4.36. The number of hydrogen-bond donors (Lipinski definition) is 1. The lowest BCUT2D eigenvalue weighted by Gasteiger charge is -2.32. The lowest BCUT2D eigenvalue weighted by molar-refractivity contribution is -0.131. The highest BCUT2D eigenvalue weighted by molar-refractivity contribution is 7.98. The van der Waals surface area contributed by atoms with Crippen molar-refractivity contribution in [1.29, 1.82) is 0 Å². The summed E-state index contributed by atoms with van der Waals surface area (Å²) in [6.07, 6.45) is 3.10. The summed E-state index contributed by atoms with van der Waals surface area (Å²) in [6, 6.07) is 10.2. The zero-order valence-corrected chi connectivity index (χ0v) is 15.0. The average molecular weight is 357 g/mol. The molecule has 128 valence electrons. The molecule has 1 N–H and O–H groups in total. The molecule has 0 radical (unpaired) electrons. The normalized spacial score (nSPS) is 16.5. The van der Waals surface area contributed by atoms with Gasteiger partial charge in [0.2, 0.25) is 15.9 Å². The average Bonchev–Trinajstić information content (AvgIpc) is 2.51. The van der Waals surface area contributed by atoms with Crippen LogP contribution < -0.4 is 4.72 Å². The molecule has 1 aliphatic heterocycles. The molecule has 1 saturated heterocycles. The van der Waals surface area contributed by atoms with Crippen molar-refractivity contribution < 1.29 is 13.2 Å². The highest BCUT2D eigenvalue weighted by Gasteiger charge is 2.24. The van der Waals surface area contributed by atoms with Gasteiger partial charge in [0.25, 0.3) is 0 Å². The van der Waals surface area contributed by atoms with Gasteiger partial charge < -0.3 is 4.90 Å². The van der Waals surface area contributed by atoms with Crippen molar-refractivity contribution in [3.05, 3.63) is 35.9 Å². The first-order valence-electron chi connectivity index (χ1n) is 7.81. The molecule has 5 nitrogen and oxygen atoms in total. The molecule has 0 aromatic heterocycles. The van der Waals surface area contributed by atoms with E-state index in [1.165, 1.54) is 11.8 Å². The minimum atomic E-state index is -3.16. The minimum absolute atomic E-state index is 0.0403. The van der Waals surface area contributed by atoms with E-state index in [1.807, 2.05) is 23.1 Å². The van der Waals surface area contributed by atoms with Crippen LogP contribution in [0.4, 0.5) is 0 Å². The Morgan fingerprint density at radius 2 is 1.91 bits per heavy atom. The topological polar surface area (TPSA) is 66.5 Å². The zero-order chi connectivity index (χ0) is 16.7. The number of rotatable bonds is 7. The highest BCUT2D eigenvalue weighted by atomic mass is 32.2. The molecule has 1 amide bonds. The Morgan fingerprint density at radius 1 is 1.26 bits per heavy atom. The highest BCUT2D eigenvalue weighted by Crippen LogP contribution is 2.16. The van der Waals surface area contributed by atoms with Gasteiger partial charge in [0.1, 0.15) is 0 Å². The Kier molecular flexibility index (Phi) is 6.92. The van der Waals surface area contributed by atoms with Crippen LogP contribution in [0, 0.1) is 0 Å². The number of piperidine rings is 1. The molecule has 7 heteroatoms. The second-order valence-corrected chi connectivity index (χ2v) is 8.72. The number of sulfonamides is 1. The van der Waals surface area contributed by atoms with Gasteiger partial charge in [-0.25, -0.2) is 13.1 Å². The van der Waals surface area contributed by atoms with Gasteiger partial charge in [0.05, 0.1) is 6.26 Å². The van der Waals surface area contributed by atoms with Gasteiger partial charge in [-0.15, -0.1) is 0 Å². The molecule has 1 heterocycles. The Labute approximate surface area is 142 Å². The van der Waals surface area contributed by atoms with Gasteiger partial charge in [-0.2, -0.15) is 11.8 Å². The van der Waals surface area contributed by atoms with E-state index in [-0.39, 0.29) is 11.9 Å². The van der Waals surface area contributed by atoms with Crippen LogP contribution in [0.3, 0.4) is 0 Å². The quantitative estimate of drug-likeness (QED) is 0.757. The second kappa shape index (κ2) is 8.70. The van der Waals surface area contributed by atoms with Crippen LogP contribution in [-0.4, -0.2) is 50.4 Å². The van der Waals surface area contributed by atoms with E-state index in [0.717, 1.165) is 11.5 Å². The van der Waals surface area contributed by atoms with Crippen molar-refractivity contribution in [3.63, 3.8) is 0 Å². The zero-order valence-electron chi connectivity index (χ0n) is 13.4. The summed E-state index contributed by atoms with van der Waals surface area (Å²) >= 11 is 1.77. The third-order valence-electron chi connectivity index (χ3n) is 3.80. The summed E-state index contributed by atoms with van der Waals surface area (Å²) in [4.78, 5) is 14.0. The SMILES string of the molecule is CS(=O)(=O)NC1CCN(C(=O)CCSCc2ccccc2)CC1. The lowest BCUT2D eigenvalue weighted by atomic mass is 10.1. The van der Waals surface area contributed by atoms with Crippen molar-refractivity contribution >= 4 is 27.7 Å². The van der Waals surface area contributed by atoms with Crippen LogP contribution in [-0.2, 0) is 20.6 Å². The molecule has 0 bridgehead atoms. The first-order valence-corrected chi connectivity index (χ1v) is 10.9. The number of nitrogens with zero attached hydrogens (tertiary/aromatic N) is 1. The third-order valence-corrected chi connectivity index (χ3v) is 5.59. The van der Waals surface area contributed by atoms with Gasteiger partial charge in [-0.1, -0.05) is 30.3 Å². The second-order valence-electron chi connectivity index (χ2n) is 5.83. The molecule has 1 aromatic carbocycles. The molecule has 0 aliphatic carbocycles. The summed E-state index contributed by atoms with van der Waals surface area (Å²) in [7, 11) is -3.16. The van der Waals surface area contributed by atoms with E-state index in [9.17, 15) is 13.2 Å². The first-order chi connectivity index (χ1) is 10.9. The van der Waals surface area contributed by atoms with Crippen LogP contribution in [0.2, 0.25) is 0 Å². The van der Waals surface area contributed by atoms with Crippen molar-refractivity contribution in [2.45, 2.75) is 31.1 Å². The Bertz CT molecular complexity index is 597. The summed E-state index contributed by atoms with van der Waals surface area (Å²) in [5.74, 6) is 1.91. The molecule has 0 spiro atoms. The predicted octanol–water partition coefficient (Wildman–Crippen LogP) is 1.85. The van der Waals surface area contributed by atoms with E-state index in [2.05, 4.69) is 16.9 Å². The number of carbonyl (C=O) groups is 1. The number of hydrogen-bond acceptors (Lipinski definition) is 4. The molecule has 1 aliphatic rings. The monoisotopic (exact) mass is 356 g/mol. The van der Waals surface area contributed by atoms with Crippen molar-refractivity contribution in [2.24, 2.45) is 0 Å². The van der Waals surface area contributed by atoms with Gasteiger partial charge in [0.15, 0.2) is 0 Å². The van der Waals surface area contributed by atoms with E-state index >= 15 is 0 Å².